The number of ether oxygens (including phenoxy) is 5. The molecule has 0 spiro atoms. The molecule has 9 heterocycles. The number of fused-ring (bicyclic) bond motifs is 6. The molecule has 6 atom stereocenters. The third-order valence-electron chi connectivity index (χ3n) is 17.7. The number of nitrogens with zero attached hydrogens (tertiary/aromatic N) is 6. The Morgan fingerprint density at radius 2 is 1.19 bits per heavy atom. The fourth-order valence-corrected chi connectivity index (χ4v) is 14.9. The Morgan fingerprint density at radius 3 is 1.67 bits per heavy atom. The molecule has 24 heteroatoms. The van der Waals surface area contributed by atoms with Gasteiger partial charge in [-0.25, -0.2) is 9.97 Å². The molecule has 5 aromatic rings. The minimum absolute atomic E-state index is 0. The molecule has 7 aliphatic heterocycles. The summed E-state index contributed by atoms with van der Waals surface area (Å²) in [5, 5.41) is 20.2. The molecule has 486 valence electrons. The molecule has 12 rings (SSSR count). The summed E-state index contributed by atoms with van der Waals surface area (Å²) in [6.07, 6.45) is 8.66. The molecule has 93 heavy (non-hydrogen) atoms. The topological polar surface area (TPSA) is 249 Å². The minimum atomic E-state index is -5.39. The quantitative estimate of drug-likeness (QED) is 0.0259. The van der Waals surface area contributed by atoms with E-state index in [0.717, 1.165) is 117 Å². The van der Waals surface area contributed by atoms with Crippen molar-refractivity contribution in [2.45, 2.75) is 99.9 Å². The van der Waals surface area contributed by atoms with Crippen molar-refractivity contribution in [3.8, 4) is 35.3 Å². The number of para-hydroxylation sites is 1. The second kappa shape index (κ2) is 39.1. The molecule has 0 amide bonds. The van der Waals surface area contributed by atoms with Crippen LogP contribution in [-0.4, -0.2) is 183 Å². The van der Waals surface area contributed by atoms with E-state index in [1.807, 2.05) is 104 Å². The van der Waals surface area contributed by atoms with E-state index in [1.54, 1.807) is 28.4 Å². The smallest absolute Gasteiger partial charge is 0.810 e. The van der Waals surface area contributed by atoms with Crippen LogP contribution in [0.1, 0.15) is 97.5 Å². The van der Waals surface area contributed by atoms with Crippen LogP contribution in [-0.2, 0) is 36.2 Å². The van der Waals surface area contributed by atoms with Crippen molar-refractivity contribution in [1.29, 1.82) is 0 Å². The predicted octanol–water partition coefficient (Wildman–Crippen LogP) is -2.78. The van der Waals surface area contributed by atoms with Crippen molar-refractivity contribution in [2.24, 2.45) is 11.8 Å². The molecule has 0 aliphatic carbocycles. The number of piperidine rings is 6. The molecule has 4 bridgehead atoms. The van der Waals surface area contributed by atoms with Gasteiger partial charge in [-0.1, -0.05) is 123 Å². The zero-order valence-electron chi connectivity index (χ0n) is 55.9. The van der Waals surface area contributed by atoms with E-state index in [0.29, 0.717) is 64.5 Å². The third-order valence-corrected chi connectivity index (χ3v) is 21.5. The van der Waals surface area contributed by atoms with Gasteiger partial charge < -0.3 is 72.4 Å². The van der Waals surface area contributed by atoms with Gasteiger partial charge in [0.2, 0.25) is 5.88 Å². The van der Waals surface area contributed by atoms with Gasteiger partial charge in [-0.05, 0) is 126 Å². The van der Waals surface area contributed by atoms with Crippen molar-refractivity contribution in [2.75, 3.05) is 119 Å². The molecule has 7 aliphatic rings. The SMILES string of the molecule is COCCCOc1ccc(C#C[C@@]2(O)CN3CCC2CC3)c(Cc2ccccc2)n1.CO[C@@H]1CN(c2ccc(C#C[C@@]3(O)CN4CCC3CC4)c(Cc3ccccc3)n2)C[C@H]1OC.COc1ccccc1/C(C)=C/CN(C)CCCCC(P(=O)([O-])[O-])P(=O)([O-])O.[Na+].[Na+].[Na+]. The molecular formula is C69H89N6Na3O13P2. The molecule has 2 aromatic heterocycles. The van der Waals surface area contributed by atoms with Gasteiger partial charge in [0.1, 0.15) is 42.6 Å². The van der Waals surface area contributed by atoms with Crippen LogP contribution in [0.3, 0.4) is 0 Å². The van der Waals surface area contributed by atoms with E-state index in [1.165, 1.54) is 11.1 Å². The van der Waals surface area contributed by atoms with Gasteiger partial charge in [-0.15, -0.1) is 0 Å². The summed E-state index contributed by atoms with van der Waals surface area (Å²) in [7, 11) is -1.96. The number of methoxy groups -OCH3 is 4. The van der Waals surface area contributed by atoms with E-state index in [-0.39, 0.29) is 119 Å². The number of pyridine rings is 2. The molecular weight excluding hydrogens is 1250 g/mol. The van der Waals surface area contributed by atoms with Crippen LogP contribution < -0.4 is 118 Å². The summed E-state index contributed by atoms with van der Waals surface area (Å²) >= 11 is 0. The molecule has 19 nitrogen and oxygen atoms in total. The summed E-state index contributed by atoms with van der Waals surface area (Å²) in [5.41, 5.74) is 6.11. The zero-order valence-corrected chi connectivity index (χ0v) is 63.7. The number of unbranched alkanes of at least 4 members (excludes halogenated alkanes) is 1. The van der Waals surface area contributed by atoms with E-state index in [9.17, 15) is 34.0 Å². The summed E-state index contributed by atoms with van der Waals surface area (Å²) in [5.74, 6) is 15.9. The van der Waals surface area contributed by atoms with Gasteiger partial charge in [0.05, 0.1) is 30.5 Å². The first kappa shape index (κ1) is 80.9. The van der Waals surface area contributed by atoms with Gasteiger partial charge in [0.15, 0.2) is 0 Å². The van der Waals surface area contributed by atoms with Crippen molar-refractivity contribution >= 4 is 26.6 Å². The fourth-order valence-electron chi connectivity index (χ4n) is 12.5. The minimum Gasteiger partial charge on any atom is -0.810 e. The standard InChI is InChI=1S/C27H33N3O3.C25H30N2O3.C17H29NO7P2.3Na/c1-32-24-17-30(18-25(24)33-2)26-9-8-21(23(28-26)16-20-6-4-3-5-7-20)10-13-27(31)19-29-14-11-22(27)12-15-29;1-29-16-5-17-30-24-9-8-21(23(26-24)18-20-6-3-2-4-7-20)10-13-25(28)19-27-14-11-22(25)12-15-27;1-14(15-8-4-5-9-16(15)25-3)11-13-18(2)12-7-6-10-17(26(19,20)21)27(22,23)24;;;/h3-9,22,24-25,31H,11-12,14-19H2,1-2H3;2-4,6-9,22,28H,5,11-12,14-19H2,1H3;4-5,8-9,11,17H,6-7,10,12-13H2,1-3H3,(H2,19,20,21)(H2,22,23,24);;;/q;;;3*+1/p-3/b;;14-11+;;;/t24-,25-,27-;25-;;;;/m11..../s1. The van der Waals surface area contributed by atoms with E-state index in [4.69, 9.17) is 38.5 Å². The largest absolute Gasteiger partial charge is 1.00 e. The van der Waals surface area contributed by atoms with Crippen LogP contribution in [0.2, 0.25) is 0 Å². The number of aliphatic hydroxyl groups is 2. The third kappa shape index (κ3) is 24.0. The molecule has 7 saturated heterocycles. The number of hydrogen-bond acceptors (Lipinski definition) is 18. The van der Waals surface area contributed by atoms with Gasteiger partial charge in [0, 0.05) is 115 Å². The van der Waals surface area contributed by atoms with Gasteiger partial charge in [-0.2, -0.15) is 0 Å². The van der Waals surface area contributed by atoms with E-state index < -0.39 is 38.2 Å². The van der Waals surface area contributed by atoms with Crippen LogP contribution in [0.5, 0.6) is 11.6 Å². The number of rotatable bonds is 23. The Labute approximate surface area is 617 Å². The average molecular weight is 1340 g/mol. The maximum absolute atomic E-state index is 11.3. The zero-order chi connectivity index (χ0) is 64.3. The first-order chi connectivity index (χ1) is 43.2. The predicted molar refractivity (Wildman–Crippen MR) is 344 cm³/mol. The Kier molecular flexibility index (Phi) is 34.0. The summed E-state index contributed by atoms with van der Waals surface area (Å²) < 4.78 is 49.5. The first-order valence-corrected chi connectivity index (χ1v) is 34.5. The van der Waals surface area contributed by atoms with Gasteiger partial charge in [-0.3, -0.25) is 9.80 Å². The first-order valence-electron chi connectivity index (χ1n) is 31.2. The Hall–Kier alpha value is -2.80. The Balaban J connectivity index is 0.000000251. The summed E-state index contributed by atoms with van der Waals surface area (Å²) in [6, 6.07) is 36.2. The normalized spacial score (nSPS) is 23.7. The number of aromatic nitrogens is 2. The molecule has 0 saturated carbocycles. The second-order valence-corrected chi connectivity index (χ2v) is 28.0. The number of allylic oxidation sites excluding steroid dienone is 1. The van der Waals surface area contributed by atoms with E-state index in [2.05, 4.69) is 68.7 Å². The molecule has 3 aromatic carbocycles. The number of benzene rings is 3. The fraction of sp³-hybridized carbons (Fsp3) is 0.507. The molecule has 7 fully saturated rings. The molecule has 0 radical (unpaired) electrons. The van der Waals surface area contributed by atoms with Crippen molar-refractivity contribution in [3.05, 3.63) is 154 Å². The van der Waals surface area contributed by atoms with Crippen LogP contribution in [0.25, 0.3) is 5.57 Å². The Morgan fingerprint density at radius 1 is 0.688 bits per heavy atom. The van der Waals surface area contributed by atoms with Crippen LogP contribution in [0.15, 0.2) is 115 Å². The number of hydrogen-bond donors (Lipinski definition) is 3. The summed E-state index contributed by atoms with van der Waals surface area (Å²) in [6.45, 7) is 11.5. The van der Waals surface area contributed by atoms with Crippen LogP contribution >= 0.6 is 15.2 Å². The molecule has 2 unspecified atom stereocenters. The number of anilines is 1. The molecule has 3 N–H and O–H groups in total. The van der Waals surface area contributed by atoms with Crippen molar-refractivity contribution in [1.82, 2.24) is 24.7 Å². The van der Waals surface area contributed by atoms with Crippen molar-refractivity contribution < 1.29 is 151 Å². The summed E-state index contributed by atoms with van der Waals surface area (Å²) in [4.78, 5) is 60.6. The maximum Gasteiger partial charge on any atom is 1.00 e. The van der Waals surface area contributed by atoms with Crippen LogP contribution in [0, 0.1) is 35.5 Å². The maximum atomic E-state index is 11.3. The van der Waals surface area contributed by atoms with Gasteiger partial charge in [0.25, 0.3) is 0 Å². The monoisotopic (exact) mass is 1340 g/mol. The number of likely N-dealkylation sites (N-methyl/N-ethyl adjacent to an activating group) is 1. The van der Waals surface area contributed by atoms with Crippen molar-refractivity contribution in [3.63, 3.8) is 0 Å². The van der Waals surface area contributed by atoms with Gasteiger partial charge >= 0.3 is 88.7 Å². The van der Waals surface area contributed by atoms with E-state index >= 15 is 0 Å². The van der Waals surface area contributed by atoms with Crippen LogP contribution in [0.4, 0.5) is 5.82 Å². The Bertz CT molecular complexity index is 3340. The average Bonchev–Trinajstić information content (AvgIpc) is 1.16. The second-order valence-electron chi connectivity index (χ2n) is 24.2.